The maximum absolute atomic E-state index is 12.9. The first-order valence-corrected chi connectivity index (χ1v) is 16.2. The van der Waals surface area contributed by atoms with Crippen molar-refractivity contribution in [2.24, 2.45) is 0 Å². The van der Waals surface area contributed by atoms with Crippen LogP contribution in [-0.2, 0) is 26.3 Å². The number of aryl methyl sites for hydroxylation is 1. The second kappa shape index (κ2) is 16.9. The van der Waals surface area contributed by atoms with Crippen molar-refractivity contribution in [1.29, 1.82) is 0 Å². The number of carbonyl (C=O) groups excluding carboxylic acids is 1. The van der Waals surface area contributed by atoms with Gasteiger partial charge in [-0.2, -0.15) is 0 Å². The van der Waals surface area contributed by atoms with Crippen molar-refractivity contribution >= 4 is 50.9 Å². The van der Waals surface area contributed by atoms with Crippen LogP contribution in [0.5, 0.6) is 5.75 Å². The summed E-state index contributed by atoms with van der Waals surface area (Å²) in [6, 6.07) is 6.96. The van der Waals surface area contributed by atoms with Crippen molar-refractivity contribution in [3.8, 4) is 5.75 Å². The topological polar surface area (TPSA) is 181 Å². The van der Waals surface area contributed by atoms with Crippen LogP contribution in [0.1, 0.15) is 50.7 Å². The van der Waals surface area contributed by atoms with E-state index in [0.29, 0.717) is 41.3 Å². The Balaban J connectivity index is 0.000000812. The van der Waals surface area contributed by atoms with Crippen LogP contribution in [0.3, 0.4) is 0 Å². The van der Waals surface area contributed by atoms with Gasteiger partial charge in [0, 0.05) is 49.3 Å². The fourth-order valence-electron chi connectivity index (χ4n) is 4.64. The minimum absolute atomic E-state index is 0.0674. The van der Waals surface area contributed by atoms with Gasteiger partial charge in [0.05, 0.1) is 39.6 Å². The van der Waals surface area contributed by atoms with E-state index in [2.05, 4.69) is 4.90 Å². The Morgan fingerprint density at radius 3 is 2.28 bits per heavy atom. The van der Waals surface area contributed by atoms with E-state index in [4.69, 9.17) is 14.3 Å². The van der Waals surface area contributed by atoms with Crippen molar-refractivity contribution < 1.29 is 51.0 Å². The van der Waals surface area contributed by atoms with Gasteiger partial charge in [-0.1, -0.05) is 6.08 Å². The number of carboxylic acids is 2. The molecule has 252 valence electrons. The van der Waals surface area contributed by atoms with Crippen LogP contribution < -0.4 is 24.9 Å². The Hall–Kier alpha value is -4.27. The quantitative estimate of drug-likeness (QED) is 0.0828. The van der Waals surface area contributed by atoms with E-state index >= 15 is 0 Å². The summed E-state index contributed by atoms with van der Waals surface area (Å²) in [5.41, 5.74) is 0.794. The SMILES string of the molecule is CCN(CC)c1ccc2c(OC)c(/C=C/c3cc[n+](CCCCCC(=O)O)cc3S(=O)(=O)[O-])c(=O)oc2c1.C[N+](C)(C)CC(=O)[O-]. The molecule has 1 N–H and O–H groups in total. The molecule has 0 spiro atoms. The van der Waals surface area contributed by atoms with Crippen molar-refractivity contribution in [3.63, 3.8) is 0 Å². The van der Waals surface area contributed by atoms with Gasteiger partial charge in [0.2, 0.25) is 0 Å². The number of quaternary nitrogens is 1. The molecule has 46 heavy (non-hydrogen) atoms. The number of ether oxygens (including phenoxy) is 1. The van der Waals surface area contributed by atoms with Crippen LogP contribution in [0.25, 0.3) is 23.1 Å². The monoisotopic (exact) mass is 661 g/mol. The maximum atomic E-state index is 12.9. The lowest BCUT2D eigenvalue weighted by Crippen LogP contribution is -2.45. The second-order valence-corrected chi connectivity index (χ2v) is 12.9. The number of anilines is 1. The first-order chi connectivity index (χ1) is 21.5. The van der Waals surface area contributed by atoms with E-state index in [0.717, 1.165) is 18.8 Å². The van der Waals surface area contributed by atoms with E-state index in [-0.39, 0.29) is 29.8 Å². The maximum Gasteiger partial charge on any atom is 0.347 e. The fraction of sp³-hybridized carbons (Fsp3) is 0.438. The van der Waals surface area contributed by atoms with Crippen molar-refractivity contribution in [1.82, 2.24) is 0 Å². The highest BCUT2D eigenvalue weighted by molar-refractivity contribution is 7.85. The molecule has 0 radical (unpaired) electrons. The molecule has 2 aromatic heterocycles. The second-order valence-electron chi connectivity index (χ2n) is 11.5. The number of rotatable bonds is 15. The first kappa shape index (κ1) is 37.9. The van der Waals surface area contributed by atoms with E-state index in [1.165, 1.54) is 31.5 Å². The molecule has 0 unspecified atom stereocenters. The zero-order valence-corrected chi connectivity index (χ0v) is 28.0. The molecule has 0 bridgehead atoms. The van der Waals surface area contributed by atoms with Crippen LogP contribution >= 0.6 is 0 Å². The summed E-state index contributed by atoms with van der Waals surface area (Å²) in [4.78, 5) is 35.1. The third kappa shape index (κ3) is 11.6. The Morgan fingerprint density at radius 2 is 1.76 bits per heavy atom. The molecule has 0 aliphatic heterocycles. The average molecular weight is 662 g/mol. The largest absolute Gasteiger partial charge is 0.744 e. The summed E-state index contributed by atoms with van der Waals surface area (Å²) in [5.74, 6) is -1.59. The number of unbranched alkanes of at least 4 members (excludes halogenated alkanes) is 2. The molecular formula is C32H43N3O10S. The number of benzene rings is 1. The highest BCUT2D eigenvalue weighted by atomic mass is 32.2. The normalized spacial score (nSPS) is 11.7. The molecule has 1 aromatic carbocycles. The van der Waals surface area contributed by atoms with Gasteiger partial charge < -0.3 is 38.1 Å². The molecule has 3 aromatic rings. The predicted molar refractivity (Wildman–Crippen MR) is 170 cm³/mol. The van der Waals surface area contributed by atoms with E-state index < -0.39 is 32.6 Å². The third-order valence-corrected chi connectivity index (χ3v) is 7.71. The van der Waals surface area contributed by atoms with Gasteiger partial charge in [0.1, 0.15) is 45.0 Å². The number of carbonyl (C=O) groups is 2. The standard InChI is InChI=1S/C27H32N2O8S.C5H11NO2/c1-4-29(5-2)20-11-13-21-23(17-20)37-27(32)22(26(21)36-3)12-10-19-14-16-28(18-24(19)38(33,34)35)15-8-6-7-9-25(30)31;1-6(2,3)4-5(7)8/h10-14,16-18H,4-9,15H2,1-3H3,(H-,30,31,33,34,35);4H2,1-3H3. The summed E-state index contributed by atoms with van der Waals surface area (Å²) in [5, 5.41) is 19.2. The van der Waals surface area contributed by atoms with E-state index in [1.807, 2.05) is 19.9 Å². The minimum atomic E-state index is -4.82. The Kier molecular flexibility index (Phi) is 13.9. The Labute approximate surface area is 269 Å². The number of nitrogens with zero attached hydrogens (tertiary/aromatic N) is 3. The summed E-state index contributed by atoms with van der Waals surface area (Å²) in [7, 11) is 2.01. The van der Waals surface area contributed by atoms with Crippen LogP contribution in [0.15, 0.2) is 50.8 Å². The number of aliphatic carboxylic acids is 2. The highest BCUT2D eigenvalue weighted by Crippen LogP contribution is 2.31. The summed E-state index contributed by atoms with van der Waals surface area (Å²) in [6.45, 7) is 6.13. The lowest BCUT2D eigenvalue weighted by Gasteiger charge is -2.23. The van der Waals surface area contributed by atoms with E-state index in [1.54, 1.807) is 44.0 Å². The molecule has 2 heterocycles. The average Bonchev–Trinajstić information content (AvgIpc) is 2.95. The molecule has 0 aliphatic carbocycles. The molecule has 13 nitrogen and oxygen atoms in total. The zero-order chi connectivity index (χ0) is 34.7. The number of pyridine rings is 1. The molecular weight excluding hydrogens is 618 g/mol. The van der Waals surface area contributed by atoms with Gasteiger partial charge in [-0.25, -0.2) is 17.8 Å². The molecule has 0 atom stereocenters. The minimum Gasteiger partial charge on any atom is -0.744 e. The van der Waals surface area contributed by atoms with Gasteiger partial charge in [0.25, 0.3) is 0 Å². The van der Waals surface area contributed by atoms with Gasteiger partial charge >= 0.3 is 11.6 Å². The predicted octanol–water partition coefficient (Wildman–Crippen LogP) is 2.10. The molecule has 0 saturated heterocycles. The highest BCUT2D eigenvalue weighted by Gasteiger charge is 2.17. The van der Waals surface area contributed by atoms with E-state index in [9.17, 15) is 32.5 Å². The fourth-order valence-corrected chi connectivity index (χ4v) is 5.33. The third-order valence-electron chi connectivity index (χ3n) is 6.83. The van der Waals surface area contributed by atoms with Crippen LogP contribution in [0.2, 0.25) is 0 Å². The van der Waals surface area contributed by atoms with Gasteiger partial charge in [-0.15, -0.1) is 0 Å². The van der Waals surface area contributed by atoms with Gasteiger partial charge in [-0.05, 0) is 44.9 Å². The smallest absolute Gasteiger partial charge is 0.347 e. The summed E-state index contributed by atoms with van der Waals surface area (Å²) < 4.78 is 49.1. The first-order valence-electron chi connectivity index (χ1n) is 14.8. The number of hydrogen-bond donors (Lipinski definition) is 1. The van der Waals surface area contributed by atoms with Crippen molar-refractivity contribution in [2.45, 2.75) is 51.0 Å². The molecule has 14 heteroatoms. The summed E-state index contributed by atoms with van der Waals surface area (Å²) in [6.07, 6.45) is 7.46. The number of carboxylic acid groups (broad SMARTS) is 2. The lowest BCUT2D eigenvalue weighted by molar-refractivity contribution is -0.864. The van der Waals surface area contributed by atoms with Crippen molar-refractivity contribution in [2.75, 3.05) is 52.8 Å². The molecule has 0 aliphatic rings. The lowest BCUT2D eigenvalue weighted by atomic mass is 10.1. The number of fused-ring (bicyclic) bond motifs is 1. The number of aromatic nitrogens is 1. The van der Waals surface area contributed by atoms with Crippen molar-refractivity contribution in [3.05, 3.63) is 58.2 Å². The Bertz CT molecular complexity index is 1710. The molecule has 0 fully saturated rings. The number of hydrogen-bond acceptors (Lipinski definition) is 10. The van der Waals surface area contributed by atoms with Crippen LogP contribution in [0, 0.1) is 0 Å². The molecule has 0 amide bonds. The Morgan fingerprint density at radius 1 is 1.09 bits per heavy atom. The van der Waals surface area contributed by atoms with Gasteiger partial charge in [0.15, 0.2) is 12.4 Å². The van der Waals surface area contributed by atoms with Gasteiger partial charge in [-0.3, -0.25) is 4.79 Å². The van der Waals surface area contributed by atoms with Crippen LogP contribution in [-0.4, -0.2) is 82.4 Å². The molecule has 3 rings (SSSR count). The molecule has 0 saturated carbocycles. The number of methoxy groups -OCH3 is 1. The number of likely N-dealkylation sites (N-methyl/N-ethyl adjacent to an activating group) is 1. The van der Waals surface area contributed by atoms with Crippen LogP contribution in [0.4, 0.5) is 5.69 Å². The summed E-state index contributed by atoms with van der Waals surface area (Å²) >= 11 is 0. The zero-order valence-electron chi connectivity index (χ0n) is 27.1.